The first-order valence-electron chi connectivity index (χ1n) is 7.04. The van der Waals surface area contributed by atoms with Crippen LogP contribution >= 0.6 is 0 Å². The number of nitrogens with one attached hydrogen (secondary N) is 1. The maximum atomic E-state index is 13.2. The lowest BCUT2D eigenvalue weighted by Crippen LogP contribution is -2.36. The second-order valence-electron chi connectivity index (χ2n) is 4.94. The van der Waals surface area contributed by atoms with Crippen molar-refractivity contribution in [1.29, 1.82) is 0 Å². The van der Waals surface area contributed by atoms with E-state index in [0.29, 0.717) is 32.1 Å². The first-order chi connectivity index (χ1) is 11.1. The van der Waals surface area contributed by atoms with Crippen molar-refractivity contribution in [1.82, 2.24) is 9.97 Å². The van der Waals surface area contributed by atoms with E-state index in [9.17, 15) is 13.6 Å². The third-order valence-corrected chi connectivity index (χ3v) is 3.41. The number of nitrogens with zero attached hydrogens (tertiary/aromatic N) is 3. The van der Waals surface area contributed by atoms with Crippen LogP contribution in [0.15, 0.2) is 30.6 Å². The molecule has 2 aromatic rings. The normalized spacial score (nSPS) is 14.6. The Kier molecular flexibility index (Phi) is 4.42. The molecule has 3 rings (SSSR count). The van der Waals surface area contributed by atoms with Crippen LogP contribution in [-0.4, -0.2) is 42.2 Å². The van der Waals surface area contributed by atoms with Crippen molar-refractivity contribution >= 4 is 17.5 Å². The van der Waals surface area contributed by atoms with Crippen molar-refractivity contribution in [3.63, 3.8) is 0 Å². The first kappa shape index (κ1) is 15.3. The van der Waals surface area contributed by atoms with Gasteiger partial charge >= 0.3 is 0 Å². The zero-order valence-corrected chi connectivity index (χ0v) is 12.1. The summed E-state index contributed by atoms with van der Waals surface area (Å²) in [4.78, 5) is 22.2. The van der Waals surface area contributed by atoms with E-state index in [2.05, 4.69) is 15.3 Å². The lowest BCUT2D eigenvalue weighted by atomic mass is 10.2. The average Bonchev–Trinajstić information content (AvgIpc) is 2.58. The Morgan fingerprint density at radius 3 is 2.65 bits per heavy atom. The van der Waals surface area contributed by atoms with E-state index in [-0.39, 0.29) is 11.4 Å². The van der Waals surface area contributed by atoms with Gasteiger partial charge in [0.2, 0.25) is 0 Å². The number of carbonyl (C=O) groups is 1. The second-order valence-corrected chi connectivity index (χ2v) is 4.94. The first-order valence-corrected chi connectivity index (χ1v) is 7.04. The molecule has 1 fully saturated rings. The zero-order valence-electron chi connectivity index (χ0n) is 12.1. The van der Waals surface area contributed by atoms with Gasteiger partial charge in [0.25, 0.3) is 5.91 Å². The van der Waals surface area contributed by atoms with E-state index in [1.54, 1.807) is 6.07 Å². The van der Waals surface area contributed by atoms with Crippen LogP contribution in [0.1, 0.15) is 10.4 Å². The summed E-state index contributed by atoms with van der Waals surface area (Å²) in [5.41, 5.74) is 0.00966. The van der Waals surface area contributed by atoms with Gasteiger partial charge in [0, 0.05) is 24.7 Å². The largest absolute Gasteiger partial charge is 0.378 e. The fourth-order valence-electron chi connectivity index (χ4n) is 2.21. The molecule has 1 aromatic carbocycles. The molecule has 0 bridgehead atoms. The van der Waals surface area contributed by atoms with Gasteiger partial charge in [0.05, 0.1) is 13.2 Å². The lowest BCUT2D eigenvalue weighted by Gasteiger charge is -2.27. The smallest absolute Gasteiger partial charge is 0.256 e. The molecule has 120 valence electrons. The van der Waals surface area contributed by atoms with E-state index >= 15 is 0 Å². The van der Waals surface area contributed by atoms with Gasteiger partial charge in [0.15, 0.2) is 11.6 Å². The van der Waals surface area contributed by atoms with Gasteiger partial charge in [-0.3, -0.25) is 4.79 Å². The highest BCUT2D eigenvalue weighted by Gasteiger charge is 2.15. The summed E-state index contributed by atoms with van der Waals surface area (Å²) in [6, 6.07) is 4.58. The summed E-state index contributed by atoms with van der Waals surface area (Å²) in [6.45, 7) is 2.63. The molecule has 0 unspecified atom stereocenters. The summed E-state index contributed by atoms with van der Waals surface area (Å²) in [6.07, 6.45) is 1.34. The fraction of sp³-hybridized carbons (Fsp3) is 0.267. The Labute approximate surface area is 131 Å². The van der Waals surface area contributed by atoms with Crippen LogP contribution in [0, 0.1) is 11.6 Å². The van der Waals surface area contributed by atoms with Gasteiger partial charge in [-0.15, -0.1) is 0 Å². The summed E-state index contributed by atoms with van der Waals surface area (Å²) < 4.78 is 31.4. The number of morpholine rings is 1. The second kappa shape index (κ2) is 6.66. The van der Waals surface area contributed by atoms with Crippen molar-refractivity contribution < 1.29 is 18.3 Å². The van der Waals surface area contributed by atoms with Crippen LogP contribution in [-0.2, 0) is 4.74 Å². The van der Waals surface area contributed by atoms with E-state index in [4.69, 9.17) is 4.74 Å². The van der Waals surface area contributed by atoms with E-state index < -0.39 is 17.5 Å². The highest BCUT2D eigenvalue weighted by atomic mass is 19.2. The van der Waals surface area contributed by atoms with E-state index in [1.807, 2.05) is 4.90 Å². The fourth-order valence-corrected chi connectivity index (χ4v) is 2.21. The minimum absolute atomic E-state index is 0.00966. The Morgan fingerprint density at radius 1 is 1.13 bits per heavy atom. The van der Waals surface area contributed by atoms with Gasteiger partial charge in [-0.25, -0.2) is 18.7 Å². The molecule has 1 aliphatic heterocycles. The predicted octanol–water partition coefficient (Wildman–Crippen LogP) is 1.84. The number of carbonyl (C=O) groups excluding carboxylic acids is 1. The summed E-state index contributed by atoms with van der Waals surface area (Å²) >= 11 is 0. The van der Waals surface area contributed by atoms with Crippen molar-refractivity contribution in [3.8, 4) is 0 Å². The average molecular weight is 320 g/mol. The standard InChI is InChI=1S/C15H14F2N4O2/c16-11-2-1-10(7-12(11)17)15(22)20-13-8-14(19-9-18-13)21-3-5-23-6-4-21/h1-2,7-9H,3-6H2,(H,18,19,20,22). The maximum Gasteiger partial charge on any atom is 0.256 e. The predicted molar refractivity (Wildman–Crippen MR) is 79.4 cm³/mol. The molecule has 0 saturated carbocycles. The van der Waals surface area contributed by atoms with Gasteiger partial charge in [-0.2, -0.15) is 0 Å². The minimum Gasteiger partial charge on any atom is -0.378 e. The number of anilines is 2. The maximum absolute atomic E-state index is 13.2. The number of hydrogen-bond donors (Lipinski definition) is 1. The molecule has 0 aliphatic carbocycles. The van der Waals surface area contributed by atoms with Crippen molar-refractivity contribution in [2.24, 2.45) is 0 Å². The molecule has 1 saturated heterocycles. The molecule has 8 heteroatoms. The summed E-state index contributed by atoms with van der Waals surface area (Å²) in [5.74, 6) is -1.69. The Balaban J connectivity index is 1.74. The third kappa shape index (κ3) is 3.59. The Hall–Kier alpha value is -2.61. The van der Waals surface area contributed by atoms with Crippen LogP contribution in [0.2, 0.25) is 0 Å². The molecular weight excluding hydrogens is 306 g/mol. The molecule has 1 N–H and O–H groups in total. The molecule has 6 nitrogen and oxygen atoms in total. The number of rotatable bonds is 3. The van der Waals surface area contributed by atoms with Crippen LogP contribution in [0.5, 0.6) is 0 Å². The molecular formula is C15H14F2N4O2. The zero-order chi connectivity index (χ0) is 16.2. The van der Waals surface area contributed by atoms with Gasteiger partial charge in [-0.1, -0.05) is 0 Å². The lowest BCUT2D eigenvalue weighted by molar-refractivity contribution is 0.102. The molecule has 0 radical (unpaired) electrons. The van der Waals surface area contributed by atoms with Crippen LogP contribution in [0.4, 0.5) is 20.4 Å². The molecule has 0 spiro atoms. The quantitative estimate of drug-likeness (QED) is 0.935. The van der Waals surface area contributed by atoms with Crippen molar-refractivity contribution in [2.75, 3.05) is 36.5 Å². The SMILES string of the molecule is O=C(Nc1cc(N2CCOCC2)ncn1)c1ccc(F)c(F)c1. The molecule has 2 heterocycles. The highest BCUT2D eigenvalue weighted by Crippen LogP contribution is 2.16. The van der Waals surface area contributed by atoms with Crippen molar-refractivity contribution in [3.05, 3.63) is 47.8 Å². The van der Waals surface area contributed by atoms with E-state index in [1.165, 1.54) is 12.4 Å². The molecule has 1 aliphatic rings. The molecule has 23 heavy (non-hydrogen) atoms. The minimum atomic E-state index is -1.07. The van der Waals surface area contributed by atoms with Crippen LogP contribution in [0.25, 0.3) is 0 Å². The van der Waals surface area contributed by atoms with Gasteiger partial charge in [0.1, 0.15) is 18.0 Å². The van der Waals surface area contributed by atoms with Crippen molar-refractivity contribution in [2.45, 2.75) is 0 Å². The van der Waals surface area contributed by atoms with Crippen LogP contribution < -0.4 is 10.2 Å². The molecule has 1 aromatic heterocycles. The molecule has 1 amide bonds. The Bertz CT molecular complexity index is 720. The summed E-state index contributed by atoms with van der Waals surface area (Å²) in [5, 5.41) is 2.55. The van der Waals surface area contributed by atoms with Gasteiger partial charge in [-0.05, 0) is 18.2 Å². The monoisotopic (exact) mass is 320 g/mol. The van der Waals surface area contributed by atoms with E-state index in [0.717, 1.165) is 12.1 Å². The summed E-state index contributed by atoms with van der Waals surface area (Å²) in [7, 11) is 0. The Morgan fingerprint density at radius 2 is 1.91 bits per heavy atom. The van der Waals surface area contributed by atoms with Crippen LogP contribution in [0.3, 0.4) is 0 Å². The highest BCUT2D eigenvalue weighted by molar-refractivity contribution is 6.03. The number of halogens is 2. The van der Waals surface area contributed by atoms with Gasteiger partial charge < -0.3 is 15.0 Å². The number of ether oxygens (including phenoxy) is 1. The molecule has 0 atom stereocenters. The number of aromatic nitrogens is 2. The topological polar surface area (TPSA) is 67.4 Å². The third-order valence-electron chi connectivity index (χ3n) is 3.41. The number of hydrogen-bond acceptors (Lipinski definition) is 5. The number of benzene rings is 1. The number of amides is 1.